The lowest BCUT2D eigenvalue weighted by Gasteiger charge is -2.46. The van der Waals surface area contributed by atoms with Crippen LogP contribution in [0, 0.1) is 0 Å². The summed E-state index contributed by atoms with van der Waals surface area (Å²) in [5.74, 6) is -0.229. The maximum absolute atomic E-state index is 13.3. The summed E-state index contributed by atoms with van der Waals surface area (Å²) < 4.78 is 22.8. The van der Waals surface area contributed by atoms with E-state index in [0.717, 1.165) is 103 Å². The van der Waals surface area contributed by atoms with Gasteiger partial charge in [0.15, 0.2) is 12.6 Å². The van der Waals surface area contributed by atoms with Crippen molar-refractivity contribution in [3.8, 4) is 0 Å². The van der Waals surface area contributed by atoms with Crippen molar-refractivity contribution in [2.75, 3.05) is 19.8 Å². The Hall–Kier alpha value is -2.83. The molecular weight excluding hydrogens is 955 g/mol. The number of rotatable bonds is 45. The van der Waals surface area contributed by atoms with Crippen molar-refractivity contribution in [1.29, 1.82) is 0 Å². The van der Waals surface area contributed by atoms with E-state index in [1.165, 1.54) is 64.2 Å². The van der Waals surface area contributed by atoms with E-state index in [-0.39, 0.29) is 18.9 Å². The van der Waals surface area contributed by atoms with E-state index in [9.17, 15) is 45.6 Å². The average molecular weight is 1060 g/mol. The van der Waals surface area contributed by atoms with Crippen molar-refractivity contribution in [2.45, 2.75) is 274 Å². The number of allylic oxidation sites excluding steroid dienone is 14. The fourth-order valence-electron chi connectivity index (χ4n) is 9.16. The Morgan fingerprint density at radius 2 is 0.920 bits per heavy atom. The number of unbranched alkanes of at least 4 members (excludes halogenated alkanes) is 18. The van der Waals surface area contributed by atoms with Crippen LogP contribution in [0.15, 0.2) is 85.1 Å². The highest BCUT2D eigenvalue weighted by Gasteiger charge is 2.51. The molecule has 2 aliphatic rings. The van der Waals surface area contributed by atoms with Gasteiger partial charge in [-0.25, -0.2) is 0 Å². The Morgan fingerprint density at radius 1 is 0.493 bits per heavy atom. The normalized spacial score (nSPS) is 25.7. The Bertz CT molecular complexity index is 1580. The van der Waals surface area contributed by atoms with Crippen LogP contribution >= 0.6 is 0 Å². The highest BCUT2D eigenvalue weighted by atomic mass is 16.7. The molecule has 12 atom stereocenters. The first-order valence-electron chi connectivity index (χ1n) is 29.3. The molecule has 2 fully saturated rings. The Morgan fingerprint density at radius 3 is 1.41 bits per heavy atom. The smallest absolute Gasteiger partial charge is 0.220 e. The van der Waals surface area contributed by atoms with Crippen molar-refractivity contribution in [3.05, 3.63) is 85.1 Å². The van der Waals surface area contributed by atoms with Gasteiger partial charge in [0.1, 0.15) is 48.8 Å². The number of carbonyl (C=O) groups excluding carboxylic acids is 1. The monoisotopic (exact) mass is 1060 g/mol. The van der Waals surface area contributed by atoms with Crippen molar-refractivity contribution >= 4 is 5.91 Å². The number of hydrogen-bond donors (Lipinski definition) is 9. The van der Waals surface area contributed by atoms with Crippen LogP contribution in [0.25, 0.3) is 0 Å². The third-order valence-electron chi connectivity index (χ3n) is 13.9. The largest absolute Gasteiger partial charge is 0.394 e. The lowest BCUT2D eigenvalue weighted by molar-refractivity contribution is -0.359. The number of amides is 1. The van der Waals surface area contributed by atoms with Crippen molar-refractivity contribution in [3.63, 3.8) is 0 Å². The fourth-order valence-corrected chi connectivity index (χ4v) is 9.16. The molecule has 0 aromatic carbocycles. The molecule has 0 spiro atoms. The van der Waals surface area contributed by atoms with E-state index in [0.29, 0.717) is 12.8 Å². The fraction of sp³-hybridized carbons (Fsp3) is 0.754. The standard InChI is InChI=1S/C61H105NO13/c1-3-5-7-9-11-13-15-17-19-20-21-22-23-24-25-26-27-28-29-30-31-33-35-37-39-41-43-45-53(66)62-49(50(65)44-42-40-38-36-34-32-18-16-14-12-10-8-6-4-2)48-72-60-58(71)56(69)59(52(47-64)74-60)75-61-57(70)55(68)54(67)51(46-63)73-61/h5,7,11,13,17,19,21-22,24-25,27-28,30-31,49-52,54-61,63-65,67-71H,3-4,6,8-10,12,14-16,18,20,23,26,29,32-48H2,1-2H3,(H,62,66)/b7-5-,13-11-,19-17-,22-21-,25-24-,28-27-,31-30-. The maximum atomic E-state index is 13.3. The predicted molar refractivity (Wildman–Crippen MR) is 300 cm³/mol. The molecule has 0 aliphatic carbocycles. The van der Waals surface area contributed by atoms with Gasteiger partial charge in [-0.3, -0.25) is 4.79 Å². The first kappa shape index (κ1) is 68.3. The van der Waals surface area contributed by atoms with Gasteiger partial charge in [-0.05, 0) is 70.6 Å². The van der Waals surface area contributed by atoms with Gasteiger partial charge in [-0.15, -0.1) is 0 Å². The molecular formula is C61H105NO13. The van der Waals surface area contributed by atoms with Gasteiger partial charge < -0.3 is 65.1 Å². The Labute approximate surface area is 452 Å². The molecule has 0 aromatic heterocycles. The third kappa shape index (κ3) is 32.0. The number of aliphatic hydroxyl groups excluding tert-OH is 8. The molecule has 0 aromatic rings. The molecule has 75 heavy (non-hydrogen) atoms. The Balaban J connectivity index is 1.75. The minimum absolute atomic E-state index is 0.229. The zero-order valence-electron chi connectivity index (χ0n) is 46.3. The number of hydrogen-bond acceptors (Lipinski definition) is 13. The molecule has 0 saturated carbocycles. The topological polar surface area (TPSA) is 228 Å². The summed E-state index contributed by atoms with van der Waals surface area (Å²) in [5, 5.41) is 87.2. The average Bonchev–Trinajstić information content (AvgIpc) is 3.41. The van der Waals surface area contributed by atoms with E-state index in [2.05, 4.69) is 104 Å². The van der Waals surface area contributed by atoms with Crippen LogP contribution in [0.4, 0.5) is 0 Å². The number of nitrogens with one attached hydrogen (secondary N) is 1. The predicted octanol–water partition coefficient (Wildman–Crippen LogP) is 9.72. The van der Waals surface area contributed by atoms with Gasteiger partial charge in [0, 0.05) is 6.42 Å². The number of carbonyl (C=O) groups is 1. The molecule has 9 N–H and O–H groups in total. The van der Waals surface area contributed by atoms with E-state index < -0.39 is 86.8 Å². The molecule has 2 saturated heterocycles. The SMILES string of the molecule is CC/C=C\C/C=C\C/C=C\C/C=C\C/C=C\C/C=C\C/C=C\CCCCCCCC(=O)NC(COC1OC(CO)C(OC2OC(CO)C(O)C(O)C2O)C(O)C1O)C(O)CCCCCCCCCCCCCCCC. The molecule has 12 unspecified atom stereocenters. The van der Waals surface area contributed by atoms with Crippen molar-refractivity contribution < 1.29 is 64.6 Å². The van der Waals surface area contributed by atoms with Crippen LogP contribution in [-0.4, -0.2) is 140 Å². The summed E-state index contributed by atoms with van der Waals surface area (Å²) in [6.45, 7) is 2.72. The van der Waals surface area contributed by atoms with Crippen LogP contribution in [0.5, 0.6) is 0 Å². The van der Waals surface area contributed by atoms with Crippen LogP contribution in [0.1, 0.15) is 200 Å². The van der Waals surface area contributed by atoms with Crippen molar-refractivity contribution in [2.24, 2.45) is 0 Å². The zero-order chi connectivity index (χ0) is 54.6. The summed E-state index contributed by atoms with van der Waals surface area (Å²) >= 11 is 0. The molecule has 0 bridgehead atoms. The lowest BCUT2D eigenvalue weighted by atomic mass is 9.97. The van der Waals surface area contributed by atoms with Gasteiger partial charge in [0.2, 0.25) is 5.91 Å². The maximum Gasteiger partial charge on any atom is 0.220 e. The molecule has 1 amide bonds. The lowest BCUT2D eigenvalue weighted by Crippen LogP contribution is -2.65. The van der Waals surface area contributed by atoms with Gasteiger partial charge in [0.25, 0.3) is 0 Å². The molecule has 14 heteroatoms. The summed E-state index contributed by atoms with van der Waals surface area (Å²) in [6, 6.07) is -0.845. The van der Waals surface area contributed by atoms with Gasteiger partial charge in [0.05, 0.1) is 32.0 Å². The van der Waals surface area contributed by atoms with Gasteiger partial charge in [-0.2, -0.15) is 0 Å². The van der Waals surface area contributed by atoms with E-state index in [4.69, 9.17) is 18.9 Å². The molecule has 2 rings (SSSR count). The Kier molecular flexibility index (Phi) is 42.0. The zero-order valence-corrected chi connectivity index (χ0v) is 46.3. The van der Waals surface area contributed by atoms with Gasteiger partial charge >= 0.3 is 0 Å². The van der Waals surface area contributed by atoms with Crippen LogP contribution in [0.2, 0.25) is 0 Å². The van der Waals surface area contributed by atoms with Crippen molar-refractivity contribution in [1.82, 2.24) is 5.32 Å². The molecule has 14 nitrogen and oxygen atoms in total. The first-order chi connectivity index (χ1) is 36.6. The molecule has 2 heterocycles. The van der Waals surface area contributed by atoms with Gasteiger partial charge in [-0.1, -0.05) is 208 Å². The van der Waals surface area contributed by atoms with E-state index in [1.54, 1.807) is 0 Å². The first-order valence-corrected chi connectivity index (χ1v) is 29.3. The van der Waals surface area contributed by atoms with E-state index >= 15 is 0 Å². The summed E-state index contributed by atoms with van der Waals surface area (Å²) in [6.07, 6.45) is 44.3. The summed E-state index contributed by atoms with van der Waals surface area (Å²) in [7, 11) is 0. The van der Waals surface area contributed by atoms with Crippen LogP contribution in [-0.2, 0) is 23.7 Å². The molecule has 0 radical (unpaired) electrons. The van der Waals surface area contributed by atoms with E-state index in [1.807, 2.05) is 0 Å². The molecule has 2 aliphatic heterocycles. The quantitative estimate of drug-likeness (QED) is 0.0205. The number of aliphatic hydroxyl groups is 8. The molecule has 432 valence electrons. The summed E-state index contributed by atoms with van der Waals surface area (Å²) in [4.78, 5) is 13.3. The highest BCUT2D eigenvalue weighted by Crippen LogP contribution is 2.30. The second kappa shape index (κ2) is 46.1. The van der Waals surface area contributed by atoms with Crippen LogP contribution < -0.4 is 5.32 Å². The minimum Gasteiger partial charge on any atom is -0.394 e. The second-order valence-corrected chi connectivity index (χ2v) is 20.4. The second-order valence-electron chi connectivity index (χ2n) is 20.4. The third-order valence-corrected chi connectivity index (χ3v) is 13.9. The minimum atomic E-state index is -1.79. The number of ether oxygens (including phenoxy) is 4. The van der Waals surface area contributed by atoms with Crippen LogP contribution in [0.3, 0.4) is 0 Å². The summed E-state index contributed by atoms with van der Waals surface area (Å²) in [5.41, 5.74) is 0. The highest BCUT2D eigenvalue weighted by molar-refractivity contribution is 5.76.